The van der Waals surface area contributed by atoms with E-state index in [4.69, 9.17) is 5.11 Å². The summed E-state index contributed by atoms with van der Waals surface area (Å²) in [6.45, 7) is 0.570. The minimum Gasteiger partial charge on any atom is -0.481 e. The standard InChI is InChI=1S/C17H17N3O4S/c21-15(10-4-2-1-3-5-10)19-8-14-20-11(9-25-14)7-18-16(22)12-6-13(12)17(23)24/h1-5,9,12-13H,6-8H2,(H,18,22)(H,19,21)(H,23,24). The van der Waals surface area contributed by atoms with E-state index in [1.807, 2.05) is 11.4 Å². The first-order valence-electron chi connectivity index (χ1n) is 7.81. The third kappa shape index (κ3) is 4.42. The molecule has 0 radical (unpaired) electrons. The predicted molar refractivity (Wildman–Crippen MR) is 90.8 cm³/mol. The number of aromatic nitrogens is 1. The van der Waals surface area contributed by atoms with Crippen LogP contribution < -0.4 is 10.6 Å². The van der Waals surface area contributed by atoms with Gasteiger partial charge >= 0.3 is 5.97 Å². The average Bonchev–Trinajstić information content (AvgIpc) is 3.31. The van der Waals surface area contributed by atoms with Gasteiger partial charge in [-0.25, -0.2) is 4.98 Å². The van der Waals surface area contributed by atoms with E-state index in [-0.39, 0.29) is 18.4 Å². The van der Waals surface area contributed by atoms with Gasteiger partial charge in [0.25, 0.3) is 5.91 Å². The minimum atomic E-state index is -0.926. The molecule has 1 heterocycles. The Labute approximate surface area is 148 Å². The Kier molecular flexibility index (Phi) is 5.08. The van der Waals surface area contributed by atoms with Crippen molar-refractivity contribution in [2.24, 2.45) is 11.8 Å². The van der Waals surface area contributed by atoms with Gasteiger partial charge in [0.05, 0.1) is 30.6 Å². The van der Waals surface area contributed by atoms with Gasteiger partial charge in [-0.1, -0.05) is 18.2 Å². The molecule has 7 nitrogen and oxygen atoms in total. The van der Waals surface area contributed by atoms with E-state index in [9.17, 15) is 14.4 Å². The van der Waals surface area contributed by atoms with Crippen LogP contribution in [0.1, 0.15) is 27.5 Å². The third-order valence-electron chi connectivity index (χ3n) is 3.92. The van der Waals surface area contributed by atoms with Crippen LogP contribution in [0.2, 0.25) is 0 Å². The van der Waals surface area contributed by atoms with E-state index in [0.717, 1.165) is 5.01 Å². The number of carbonyl (C=O) groups excluding carboxylic acids is 2. The molecule has 1 aromatic carbocycles. The Balaban J connectivity index is 1.44. The van der Waals surface area contributed by atoms with Gasteiger partial charge in [0.2, 0.25) is 5.91 Å². The largest absolute Gasteiger partial charge is 0.481 e. The molecule has 0 saturated heterocycles. The van der Waals surface area contributed by atoms with E-state index in [2.05, 4.69) is 15.6 Å². The number of hydrogen-bond donors (Lipinski definition) is 3. The number of benzene rings is 1. The molecule has 3 N–H and O–H groups in total. The van der Waals surface area contributed by atoms with E-state index in [0.29, 0.717) is 24.2 Å². The molecule has 1 aromatic heterocycles. The normalized spacial score (nSPS) is 18.4. The maximum absolute atomic E-state index is 12.0. The van der Waals surface area contributed by atoms with Crippen molar-refractivity contribution in [2.75, 3.05) is 0 Å². The Morgan fingerprint density at radius 2 is 1.88 bits per heavy atom. The summed E-state index contributed by atoms with van der Waals surface area (Å²) in [5.41, 5.74) is 1.28. The fraction of sp³-hybridized carbons (Fsp3) is 0.294. The highest BCUT2D eigenvalue weighted by Crippen LogP contribution is 2.38. The summed E-state index contributed by atoms with van der Waals surface area (Å²) in [5, 5.41) is 16.9. The van der Waals surface area contributed by atoms with E-state index in [1.165, 1.54) is 11.3 Å². The molecule has 130 valence electrons. The Bertz CT molecular complexity index is 790. The molecule has 25 heavy (non-hydrogen) atoms. The number of nitrogens with one attached hydrogen (secondary N) is 2. The number of thiazole rings is 1. The molecular weight excluding hydrogens is 342 g/mol. The minimum absolute atomic E-state index is 0.168. The van der Waals surface area contributed by atoms with Crippen molar-refractivity contribution in [1.82, 2.24) is 15.6 Å². The summed E-state index contributed by atoms with van der Waals surface area (Å²) >= 11 is 1.40. The summed E-state index contributed by atoms with van der Waals surface area (Å²) in [6.07, 6.45) is 0.398. The average molecular weight is 359 g/mol. The first kappa shape index (κ1) is 17.1. The van der Waals surface area contributed by atoms with Crippen LogP contribution in [0.5, 0.6) is 0 Å². The number of carboxylic acid groups (broad SMARTS) is 1. The fourth-order valence-corrected chi connectivity index (χ4v) is 3.16. The highest BCUT2D eigenvalue weighted by molar-refractivity contribution is 7.09. The van der Waals surface area contributed by atoms with Crippen LogP contribution in [-0.4, -0.2) is 27.9 Å². The lowest BCUT2D eigenvalue weighted by atomic mass is 10.2. The molecule has 2 unspecified atom stereocenters. The first-order chi connectivity index (χ1) is 12.0. The number of hydrogen-bond acceptors (Lipinski definition) is 5. The molecule has 2 atom stereocenters. The van der Waals surface area contributed by atoms with Gasteiger partial charge in [-0.15, -0.1) is 11.3 Å². The number of rotatable bonds is 7. The smallest absolute Gasteiger partial charge is 0.307 e. The van der Waals surface area contributed by atoms with Gasteiger partial charge in [-0.05, 0) is 18.6 Å². The molecule has 0 aliphatic heterocycles. The van der Waals surface area contributed by atoms with Crippen molar-refractivity contribution < 1.29 is 19.5 Å². The highest BCUT2D eigenvalue weighted by Gasteiger charge is 2.48. The maximum atomic E-state index is 12.0. The molecule has 8 heteroatoms. The second-order valence-corrected chi connectivity index (χ2v) is 6.73. The summed E-state index contributed by atoms with van der Waals surface area (Å²) in [7, 11) is 0. The van der Waals surface area contributed by atoms with Crippen LogP contribution in [0, 0.1) is 11.8 Å². The highest BCUT2D eigenvalue weighted by atomic mass is 32.1. The molecule has 0 bridgehead atoms. The first-order valence-corrected chi connectivity index (χ1v) is 8.69. The van der Waals surface area contributed by atoms with Gasteiger partial charge in [0, 0.05) is 10.9 Å². The Morgan fingerprint density at radius 3 is 2.56 bits per heavy atom. The summed E-state index contributed by atoms with van der Waals surface area (Å²) in [4.78, 5) is 38.9. The van der Waals surface area contributed by atoms with Gasteiger partial charge in [-0.3, -0.25) is 14.4 Å². The molecule has 1 saturated carbocycles. The van der Waals surface area contributed by atoms with Crippen LogP contribution in [0.3, 0.4) is 0 Å². The topological polar surface area (TPSA) is 108 Å². The zero-order valence-electron chi connectivity index (χ0n) is 13.3. The van der Waals surface area contributed by atoms with Crippen molar-refractivity contribution in [2.45, 2.75) is 19.5 Å². The SMILES string of the molecule is O=C(NCc1nc(CNC(=O)C2CC2C(=O)O)cs1)c1ccccc1. The lowest BCUT2D eigenvalue weighted by Gasteiger charge is -2.03. The fourth-order valence-electron chi connectivity index (χ4n) is 2.43. The molecule has 1 fully saturated rings. The van der Waals surface area contributed by atoms with Crippen molar-refractivity contribution in [3.63, 3.8) is 0 Å². The number of carbonyl (C=O) groups is 3. The van der Waals surface area contributed by atoms with Gasteiger partial charge < -0.3 is 15.7 Å². The van der Waals surface area contributed by atoms with Gasteiger partial charge in [-0.2, -0.15) is 0 Å². The van der Waals surface area contributed by atoms with E-state index >= 15 is 0 Å². The molecule has 1 aliphatic carbocycles. The van der Waals surface area contributed by atoms with Crippen LogP contribution >= 0.6 is 11.3 Å². The zero-order chi connectivity index (χ0) is 17.8. The van der Waals surface area contributed by atoms with Gasteiger partial charge in [0.15, 0.2) is 0 Å². The van der Waals surface area contributed by atoms with Crippen molar-refractivity contribution in [1.29, 1.82) is 0 Å². The van der Waals surface area contributed by atoms with Gasteiger partial charge in [0.1, 0.15) is 5.01 Å². The monoisotopic (exact) mass is 359 g/mol. The molecule has 2 amide bonds. The van der Waals surface area contributed by atoms with Crippen molar-refractivity contribution in [3.8, 4) is 0 Å². The predicted octanol–water partition coefficient (Wildman–Crippen LogP) is 1.41. The van der Waals surface area contributed by atoms with Crippen LogP contribution in [0.25, 0.3) is 0 Å². The second-order valence-electron chi connectivity index (χ2n) is 5.79. The molecule has 2 aromatic rings. The molecule has 1 aliphatic rings. The maximum Gasteiger partial charge on any atom is 0.307 e. The quantitative estimate of drug-likeness (QED) is 0.693. The Morgan fingerprint density at radius 1 is 1.12 bits per heavy atom. The summed E-state index contributed by atoms with van der Waals surface area (Å²) in [6, 6.07) is 8.92. The lowest BCUT2D eigenvalue weighted by molar-refractivity contribution is -0.140. The number of aliphatic carboxylic acids is 1. The number of carboxylic acids is 1. The second kappa shape index (κ2) is 7.43. The van der Waals surface area contributed by atoms with Crippen molar-refractivity contribution >= 4 is 29.1 Å². The molecular formula is C17H17N3O4S. The lowest BCUT2D eigenvalue weighted by Crippen LogP contribution is -2.26. The zero-order valence-corrected chi connectivity index (χ0v) is 14.1. The summed E-state index contributed by atoms with van der Waals surface area (Å²) < 4.78 is 0. The van der Waals surface area contributed by atoms with E-state index < -0.39 is 17.8 Å². The van der Waals surface area contributed by atoms with Crippen molar-refractivity contribution in [3.05, 3.63) is 52.0 Å². The van der Waals surface area contributed by atoms with Crippen LogP contribution in [-0.2, 0) is 22.7 Å². The number of amides is 2. The Hall–Kier alpha value is -2.74. The van der Waals surface area contributed by atoms with Crippen LogP contribution in [0.4, 0.5) is 0 Å². The summed E-state index contributed by atoms with van der Waals surface area (Å²) in [5.74, 6) is -2.33. The van der Waals surface area contributed by atoms with E-state index in [1.54, 1.807) is 24.3 Å². The third-order valence-corrected chi connectivity index (χ3v) is 4.82. The number of nitrogens with zero attached hydrogens (tertiary/aromatic N) is 1. The van der Waals surface area contributed by atoms with Crippen LogP contribution in [0.15, 0.2) is 35.7 Å². The molecule has 0 spiro atoms. The molecule has 3 rings (SSSR count).